The summed E-state index contributed by atoms with van der Waals surface area (Å²) in [6.07, 6.45) is 12.9. The average Bonchev–Trinajstić information content (AvgIpc) is 2.70. The van der Waals surface area contributed by atoms with E-state index in [1.54, 1.807) is 0 Å². The summed E-state index contributed by atoms with van der Waals surface area (Å²) in [5.41, 5.74) is 6.23. The van der Waals surface area contributed by atoms with Crippen LogP contribution in [-0.2, 0) is 4.74 Å². The molecule has 1 saturated carbocycles. The average molecular weight is 227 g/mol. The first kappa shape index (κ1) is 14.0. The van der Waals surface area contributed by atoms with E-state index in [2.05, 4.69) is 6.92 Å². The van der Waals surface area contributed by atoms with E-state index in [1.165, 1.54) is 51.4 Å². The maximum absolute atomic E-state index is 6.21. The van der Waals surface area contributed by atoms with Crippen molar-refractivity contribution < 1.29 is 4.74 Å². The summed E-state index contributed by atoms with van der Waals surface area (Å²) in [5, 5.41) is 0. The summed E-state index contributed by atoms with van der Waals surface area (Å²) in [6.45, 7) is 3.94. The normalized spacial score (nSPS) is 19.1. The minimum absolute atomic E-state index is 0.0161. The maximum Gasteiger partial charge on any atom is 0.0646 e. The first-order valence-corrected chi connectivity index (χ1v) is 7.13. The molecule has 2 nitrogen and oxygen atoms in total. The standard InChI is InChI=1S/C14H29NO/c1-2-3-4-5-6-9-12-16-13-14(15)10-7-8-11-14/h2-13,15H2,1H3. The lowest BCUT2D eigenvalue weighted by atomic mass is 10.0. The van der Waals surface area contributed by atoms with Crippen LogP contribution in [0.5, 0.6) is 0 Å². The molecule has 1 rings (SSSR count). The summed E-state index contributed by atoms with van der Waals surface area (Å²) >= 11 is 0. The molecule has 0 aliphatic heterocycles. The van der Waals surface area contributed by atoms with Crippen molar-refractivity contribution in [2.75, 3.05) is 13.2 Å². The summed E-state index contributed by atoms with van der Waals surface area (Å²) < 4.78 is 5.70. The zero-order valence-electron chi connectivity index (χ0n) is 11.0. The van der Waals surface area contributed by atoms with Crippen LogP contribution >= 0.6 is 0 Å². The predicted molar refractivity (Wildman–Crippen MR) is 69.6 cm³/mol. The highest BCUT2D eigenvalue weighted by molar-refractivity contribution is 4.88. The molecule has 1 aliphatic rings. The topological polar surface area (TPSA) is 35.2 Å². The Bertz CT molecular complexity index is 164. The Balaban J connectivity index is 1.84. The summed E-state index contributed by atoms with van der Waals surface area (Å²) in [5.74, 6) is 0. The fourth-order valence-corrected chi connectivity index (χ4v) is 2.48. The molecule has 0 heterocycles. The van der Waals surface area contributed by atoms with Gasteiger partial charge in [0.2, 0.25) is 0 Å². The monoisotopic (exact) mass is 227 g/mol. The van der Waals surface area contributed by atoms with Crippen LogP contribution in [0.2, 0.25) is 0 Å². The molecule has 1 fully saturated rings. The van der Waals surface area contributed by atoms with E-state index in [-0.39, 0.29) is 5.54 Å². The van der Waals surface area contributed by atoms with Gasteiger partial charge in [0.05, 0.1) is 6.61 Å². The molecule has 0 aromatic carbocycles. The predicted octanol–water partition coefficient (Wildman–Crippen LogP) is 3.64. The van der Waals surface area contributed by atoms with Crippen molar-refractivity contribution in [3.05, 3.63) is 0 Å². The van der Waals surface area contributed by atoms with E-state index in [4.69, 9.17) is 10.5 Å². The zero-order chi connectivity index (χ0) is 11.7. The van der Waals surface area contributed by atoms with Gasteiger partial charge in [0.25, 0.3) is 0 Å². The van der Waals surface area contributed by atoms with Crippen LogP contribution in [-0.4, -0.2) is 18.8 Å². The first-order chi connectivity index (χ1) is 7.77. The Morgan fingerprint density at radius 2 is 1.62 bits per heavy atom. The Labute approximate surface area is 101 Å². The van der Waals surface area contributed by atoms with Gasteiger partial charge in [-0.3, -0.25) is 0 Å². The molecule has 0 amide bonds. The fourth-order valence-electron chi connectivity index (χ4n) is 2.48. The molecule has 0 atom stereocenters. The first-order valence-electron chi connectivity index (χ1n) is 7.13. The van der Waals surface area contributed by atoms with Crippen molar-refractivity contribution >= 4 is 0 Å². The second-order valence-electron chi connectivity index (χ2n) is 5.39. The number of nitrogens with two attached hydrogens (primary N) is 1. The van der Waals surface area contributed by atoms with E-state index in [0.717, 1.165) is 26.1 Å². The molecule has 96 valence electrons. The molecule has 0 unspecified atom stereocenters. The van der Waals surface area contributed by atoms with Crippen LogP contribution in [0.15, 0.2) is 0 Å². The molecule has 1 aliphatic carbocycles. The van der Waals surface area contributed by atoms with Crippen molar-refractivity contribution in [2.24, 2.45) is 5.73 Å². The molecule has 0 bridgehead atoms. The Morgan fingerprint density at radius 1 is 1.00 bits per heavy atom. The molecule has 2 heteroatoms. The number of unbranched alkanes of at least 4 members (excludes halogenated alkanes) is 5. The highest BCUT2D eigenvalue weighted by Gasteiger charge is 2.29. The van der Waals surface area contributed by atoms with Crippen LogP contribution in [0, 0.1) is 0 Å². The van der Waals surface area contributed by atoms with Crippen LogP contribution in [0.4, 0.5) is 0 Å². The van der Waals surface area contributed by atoms with E-state index in [0.29, 0.717) is 0 Å². The number of rotatable bonds is 9. The minimum Gasteiger partial charge on any atom is -0.380 e. The third kappa shape index (κ3) is 5.86. The van der Waals surface area contributed by atoms with Gasteiger partial charge in [-0.2, -0.15) is 0 Å². The molecule has 0 spiro atoms. The summed E-state index contributed by atoms with van der Waals surface area (Å²) in [7, 11) is 0. The second-order valence-corrected chi connectivity index (χ2v) is 5.39. The third-order valence-electron chi connectivity index (χ3n) is 3.63. The lowest BCUT2D eigenvalue weighted by Crippen LogP contribution is -2.41. The van der Waals surface area contributed by atoms with Gasteiger partial charge in [-0.05, 0) is 19.3 Å². The van der Waals surface area contributed by atoms with Crippen molar-refractivity contribution in [1.82, 2.24) is 0 Å². The third-order valence-corrected chi connectivity index (χ3v) is 3.63. The van der Waals surface area contributed by atoms with Crippen molar-refractivity contribution in [2.45, 2.75) is 76.7 Å². The fraction of sp³-hybridized carbons (Fsp3) is 1.00. The van der Waals surface area contributed by atoms with Gasteiger partial charge in [0.1, 0.15) is 0 Å². The van der Waals surface area contributed by atoms with Gasteiger partial charge in [-0.25, -0.2) is 0 Å². The molecule has 0 aromatic rings. The van der Waals surface area contributed by atoms with Gasteiger partial charge in [0.15, 0.2) is 0 Å². The van der Waals surface area contributed by atoms with E-state index >= 15 is 0 Å². The quantitative estimate of drug-likeness (QED) is 0.610. The smallest absolute Gasteiger partial charge is 0.0646 e. The van der Waals surface area contributed by atoms with Crippen molar-refractivity contribution in [3.63, 3.8) is 0 Å². The lowest BCUT2D eigenvalue weighted by Gasteiger charge is -2.23. The highest BCUT2D eigenvalue weighted by atomic mass is 16.5. The second kappa shape index (κ2) is 8.08. The number of hydrogen-bond acceptors (Lipinski definition) is 2. The van der Waals surface area contributed by atoms with Gasteiger partial charge >= 0.3 is 0 Å². The van der Waals surface area contributed by atoms with Gasteiger partial charge in [-0.15, -0.1) is 0 Å². The van der Waals surface area contributed by atoms with E-state index in [9.17, 15) is 0 Å². The number of hydrogen-bond donors (Lipinski definition) is 1. The van der Waals surface area contributed by atoms with Gasteiger partial charge in [-0.1, -0.05) is 51.9 Å². The van der Waals surface area contributed by atoms with Crippen LogP contribution in [0.1, 0.15) is 71.1 Å². The van der Waals surface area contributed by atoms with Crippen LogP contribution < -0.4 is 5.73 Å². The molecule has 0 radical (unpaired) electrons. The summed E-state index contributed by atoms with van der Waals surface area (Å²) in [4.78, 5) is 0. The van der Waals surface area contributed by atoms with Gasteiger partial charge in [0, 0.05) is 12.1 Å². The maximum atomic E-state index is 6.21. The largest absolute Gasteiger partial charge is 0.380 e. The number of ether oxygens (including phenoxy) is 1. The Morgan fingerprint density at radius 3 is 2.31 bits per heavy atom. The molecule has 16 heavy (non-hydrogen) atoms. The zero-order valence-corrected chi connectivity index (χ0v) is 11.0. The van der Waals surface area contributed by atoms with Crippen LogP contribution in [0.3, 0.4) is 0 Å². The van der Waals surface area contributed by atoms with Crippen LogP contribution in [0.25, 0.3) is 0 Å². The van der Waals surface area contributed by atoms with Gasteiger partial charge < -0.3 is 10.5 Å². The molecule has 0 aromatic heterocycles. The molecule has 0 saturated heterocycles. The SMILES string of the molecule is CCCCCCCCOCC1(N)CCCC1. The van der Waals surface area contributed by atoms with Crippen molar-refractivity contribution in [1.29, 1.82) is 0 Å². The van der Waals surface area contributed by atoms with Crippen molar-refractivity contribution in [3.8, 4) is 0 Å². The highest BCUT2D eigenvalue weighted by Crippen LogP contribution is 2.27. The molecular formula is C14H29NO. The lowest BCUT2D eigenvalue weighted by molar-refractivity contribution is 0.0838. The minimum atomic E-state index is 0.0161. The molecule has 2 N–H and O–H groups in total. The van der Waals surface area contributed by atoms with E-state index in [1.807, 2.05) is 0 Å². The summed E-state index contributed by atoms with van der Waals surface area (Å²) in [6, 6.07) is 0. The molecular weight excluding hydrogens is 198 g/mol. The Kier molecular flexibility index (Phi) is 7.06. The Hall–Kier alpha value is -0.0800. The van der Waals surface area contributed by atoms with E-state index < -0.39 is 0 Å².